The lowest BCUT2D eigenvalue weighted by Crippen LogP contribution is -1.82. The van der Waals surface area contributed by atoms with Gasteiger partial charge in [0.25, 0.3) is 0 Å². The average molecular weight is 244 g/mol. The van der Waals surface area contributed by atoms with E-state index in [1.54, 1.807) is 11.3 Å². The van der Waals surface area contributed by atoms with Gasteiger partial charge in [0, 0.05) is 5.75 Å². The maximum atomic E-state index is 4.09. The molecule has 1 aromatic heterocycles. The highest BCUT2D eigenvalue weighted by Crippen LogP contribution is 2.23. The molecule has 0 unspecified atom stereocenters. The van der Waals surface area contributed by atoms with Crippen LogP contribution < -0.4 is 0 Å². The first-order valence-corrected chi connectivity index (χ1v) is 7.56. The molecule has 0 aliphatic rings. The van der Waals surface area contributed by atoms with Gasteiger partial charge in [-0.25, -0.2) is 0 Å². The van der Waals surface area contributed by atoms with Crippen molar-refractivity contribution in [2.45, 2.75) is 56.7 Å². The minimum Gasteiger partial charge on any atom is -0.143 e. The van der Waals surface area contributed by atoms with Gasteiger partial charge in [-0.1, -0.05) is 62.1 Å². The van der Waals surface area contributed by atoms with E-state index in [2.05, 4.69) is 17.1 Å². The second-order valence-corrected chi connectivity index (χ2v) is 6.23. The summed E-state index contributed by atoms with van der Waals surface area (Å²) < 4.78 is 1.13. The van der Waals surface area contributed by atoms with E-state index in [1.807, 2.05) is 18.7 Å². The Hall–Kier alpha value is -0.0900. The molecule has 0 fully saturated rings. The van der Waals surface area contributed by atoms with Gasteiger partial charge in [-0.2, -0.15) is 0 Å². The molecule has 15 heavy (non-hydrogen) atoms. The lowest BCUT2D eigenvalue weighted by molar-refractivity contribution is 0.627. The summed E-state index contributed by atoms with van der Waals surface area (Å²) in [5.41, 5.74) is 0. The van der Waals surface area contributed by atoms with E-state index >= 15 is 0 Å². The summed E-state index contributed by atoms with van der Waals surface area (Å²) in [6, 6.07) is 0. The molecule has 0 bridgehead atoms. The highest BCUT2D eigenvalue weighted by Gasteiger charge is 2.00. The van der Waals surface area contributed by atoms with Gasteiger partial charge in [-0.3, -0.25) is 0 Å². The predicted octanol–water partition coefficient (Wildman–Crippen LogP) is 4.30. The van der Waals surface area contributed by atoms with E-state index in [-0.39, 0.29) is 0 Å². The van der Waals surface area contributed by atoms with Crippen LogP contribution in [0.15, 0.2) is 4.34 Å². The van der Waals surface area contributed by atoms with Crippen molar-refractivity contribution in [1.29, 1.82) is 0 Å². The summed E-state index contributed by atoms with van der Waals surface area (Å²) >= 11 is 3.55. The van der Waals surface area contributed by atoms with Gasteiger partial charge in [0.2, 0.25) is 0 Å². The molecular weight excluding hydrogens is 224 g/mol. The van der Waals surface area contributed by atoms with Crippen LogP contribution in [0.1, 0.15) is 50.5 Å². The fourth-order valence-corrected chi connectivity index (χ4v) is 3.26. The minimum atomic E-state index is 1.07. The second kappa shape index (κ2) is 8.11. The molecule has 0 amide bonds. The molecule has 0 spiro atoms. The Morgan fingerprint density at radius 2 is 1.80 bits per heavy atom. The van der Waals surface area contributed by atoms with E-state index in [1.165, 1.54) is 44.3 Å². The molecule has 0 aliphatic carbocycles. The number of hydrogen-bond acceptors (Lipinski definition) is 4. The smallest absolute Gasteiger partial charge is 0.143 e. The van der Waals surface area contributed by atoms with Crippen molar-refractivity contribution in [2.24, 2.45) is 0 Å². The zero-order valence-corrected chi connectivity index (χ0v) is 11.3. The van der Waals surface area contributed by atoms with Crippen LogP contribution in [0, 0.1) is 6.92 Å². The van der Waals surface area contributed by atoms with Crippen LogP contribution >= 0.6 is 23.1 Å². The molecule has 0 N–H and O–H groups in total. The largest absolute Gasteiger partial charge is 0.174 e. The summed E-state index contributed by atoms with van der Waals surface area (Å²) in [4.78, 5) is 0. The molecule has 86 valence electrons. The van der Waals surface area contributed by atoms with Crippen LogP contribution in [0.3, 0.4) is 0 Å². The summed E-state index contributed by atoms with van der Waals surface area (Å²) in [7, 11) is 0. The number of thioether (sulfide) groups is 1. The molecule has 1 heterocycles. The first kappa shape index (κ1) is 13.0. The Labute approximate surface area is 101 Å². The summed E-state index contributed by atoms with van der Waals surface area (Å²) in [6.07, 6.45) is 8.20. The first-order chi connectivity index (χ1) is 7.33. The van der Waals surface area contributed by atoms with Crippen molar-refractivity contribution < 1.29 is 0 Å². The van der Waals surface area contributed by atoms with Crippen LogP contribution in [-0.2, 0) is 0 Å². The molecule has 2 nitrogen and oxygen atoms in total. The van der Waals surface area contributed by atoms with Crippen molar-refractivity contribution in [3.8, 4) is 0 Å². The quantitative estimate of drug-likeness (QED) is 0.503. The van der Waals surface area contributed by atoms with Crippen molar-refractivity contribution in [1.82, 2.24) is 10.2 Å². The molecule has 1 rings (SSSR count). The third-order valence-corrected chi connectivity index (χ3v) is 4.29. The van der Waals surface area contributed by atoms with Gasteiger partial charge in [0.15, 0.2) is 4.34 Å². The van der Waals surface area contributed by atoms with E-state index in [0.717, 1.165) is 9.35 Å². The van der Waals surface area contributed by atoms with Gasteiger partial charge in [-0.15, -0.1) is 10.2 Å². The molecule has 0 atom stereocenters. The number of hydrogen-bond donors (Lipinski definition) is 0. The van der Waals surface area contributed by atoms with Crippen molar-refractivity contribution >= 4 is 23.1 Å². The van der Waals surface area contributed by atoms with Crippen molar-refractivity contribution in [2.75, 3.05) is 5.75 Å². The normalized spacial score (nSPS) is 10.8. The van der Waals surface area contributed by atoms with Crippen LogP contribution in [0.4, 0.5) is 0 Å². The third kappa shape index (κ3) is 6.15. The van der Waals surface area contributed by atoms with Crippen molar-refractivity contribution in [3.63, 3.8) is 0 Å². The molecule has 0 radical (unpaired) electrons. The van der Waals surface area contributed by atoms with E-state index in [0.29, 0.717) is 0 Å². The standard InChI is InChI=1S/C11H20N2S2/c1-3-4-5-6-7-8-9-14-11-13-12-10(2)15-11/h3-9H2,1-2H3. The Balaban J connectivity index is 1.93. The van der Waals surface area contributed by atoms with E-state index < -0.39 is 0 Å². The fourth-order valence-electron chi connectivity index (χ4n) is 1.38. The summed E-state index contributed by atoms with van der Waals surface area (Å²) in [5, 5.41) is 9.17. The van der Waals surface area contributed by atoms with E-state index in [9.17, 15) is 0 Å². The van der Waals surface area contributed by atoms with E-state index in [4.69, 9.17) is 0 Å². The Morgan fingerprint density at radius 3 is 2.47 bits per heavy atom. The zero-order valence-electron chi connectivity index (χ0n) is 9.66. The van der Waals surface area contributed by atoms with Crippen LogP contribution in [0.25, 0.3) is 0 Å². The fraction of sp³-hybridized carbons (Fsp3) is 0.818. The maximum Gasteiger partial charge on any atom is 0.174 e. The summed E-state index contributed by atoms with van der Waals surface area (Å²) in [5.74, 6) is 1.20. The molecule has 1 aromatic rings. The third-order valence-electron chi connectivity index (χ3n) is 2.23. The number of aryl methyl sites for hydroxylation is 1. The molecule has 4 heteroatoms. The minimum absolute atomic E-state index is 1.07. The number of nitrogens with zero attached hydrogens (tertiary/aromatic N) is 2. The zero-order chi connectivity index (χ0) is 10.9. The van der Waals surface area contributed by atoms with Gasteiger partial charge in [-0.05, 0) is 13.3 Å². The summed E-state index contributed by atoms with van der Waals surface area (Å²) in [6.45, 7) is 4.26. The molecular formula is C11H20N2S2. The Bertz CT molecular complexity index is 261. The van der Waals surface area contributed by atoms with Gasteiger partial charge >= 0.3 is 0 Å². The highest BCUT2D eigenvalue weighted by atomic mass is 32.2. The van der Waals surface area contributed by atoms with Crippen LogP contribution in [0.5, 0.6) is 0 Å². The molecule has 0 aromatic carbocycles. The van der Waals surface area contributed by atoms with Crippen LogP contribution in [-0.4, -0.2) is 16.0 Å². The molecule has 0 aliphatic heterocycles. The maximum absolute atomic E-state index is 4.09. The number of aromatic nitrogens is 2. The first-order valence-electron chi connectivity index (χ1n) is 5.76. The molecule has 0 saturated carbocycles. The van der Waals surface area contributed by atoms with Gasteiger partial charge < -0.3 is 0 Å². The lowest BCUT2D eigenvalue weighted by atomic mass is 10.1. The van der Waals surface area contributed by atoms with Crippen molar-refractivity contribution in [3.05, 3.63) is 5.01 Å². The Kier molecular flexibility index (Phi) is 7.01. The number of unbranched alkanes of at least 4 members (excludes halogenated alkanes) is 5. The molecule has 0 saturated heterocycles. The Morgan fingerprint density at radius 1 is 1.07 bits per heavy atom. The second-order valence-electron chi connectivity index (χ2n) is 3.70. The SMILES string of the molecule is CCCCCCCCSc1nnc(C)s1. The van der Waals surface area contributed by atoms with Gasteiger partial charge in [0.1, 0.15) is 5.01 Å². The monoisotopic (exact) mass is 244 g/mol. The highest BCUT2D eigenvalue weighted by molar-refractivity contribution is 8.01. The number of rotatable bonds is 8. The predicted molar refractivity (Wildman–Crippen MR) is 68.7 cm³/mol. The van der Waals surface area contributed by atoms with Gasteiger partial charge in [0.05, 0.1) is 0 Å². The average Bonchev–Trinajstić information content (AvgIpc) is 2.63. The topological polar surface area (TPSA) is 25.8 Å². The van der Waals surface area contributed by atoms with Crippen LogP contribution in [0.2, 0.25) is 0 Å². The lowest BCUT2D eigenvalue weighted by Gasteiger charge is -1.98.